The Bertz CT molecular complexity index is 1330. The Hall–Kier alpha value is -2.92. The Morgan fingerprint density at radius 1 is 0.895 bits per heavy atom. The lowest BCUT2D eigenvalue weighted by atomic mass is 10.1. The number of benzene rings is 3. The first-order chi connectivity index (χ1) is 17.9. The molecule has 0 aliphatic carbocycles. The average molecular weight is 648 g/mol. The first kappa shape index (κ1) is 29.6. The van der Waals surface area contributed by atoms with Gasteiger partial charge in [-0.2, -0.15) is 0 Å². The number of nitrogens with zero attached hydrogens (tertiary/aromatic N) is 2. The molecule has 0 fully saturated rings. The summed E-state index contributed by atoms with van der Waals surface area (Å²) in [6, 6.07) is 23.6. The van der Waals surface area contributed by atoms with E-state index in [0.717, 1.165) is 13.4 Å². The van der Waals surface area contributed by atoms with Crippen LogP contribution in [0.15, 0.2) is 89.8 Å². The molecule has 0 saturated carbocycles. The van der Waals surface area contributed by atoms with Gasteiger partial charge in [0.2, 0.25) is 11.8 Å². The Kier molecular flexibility index (Phi) is 9.94. The Balaban J connectivity index is 2.04. The summed E-state index contributed by atoms with van der Waals surface area (Å²) >= 11 is 2.14. The predicted molar refractivity (Wildman–Crippen MR) is 159 cm³/mol. The standard InChI is InChI=1S/C29H34IN3O4S/c1-5-26(28(35)31-29(2,3)4)32(20-22-12-8-6-9-13-22)27(34)21-33(24-18-16-23(30)17-19-24)38(36,37)25-14-10-7-11-15-25/h6-19,26H,5,20-21H2,1-4H3,(H,31,35)/t26-/m0/s1. The summed E-state index contributed by atoms with van der Waals surface area (Å²) in [4.78, 5) is 28.8. The lowest BCUT2D eigenvalue weighted by Crippen LogP contribution is -2.55. The minimum Gasteiger partial charge on any atom is -0.350 e. The zero-order chi connectivity index (χ0) is 27.9. The predicted octanol–water partition coefficient (Wildman–Crippen LogP) is 5.21. The van der Waals surface area contributed by atoms with E-state index in [0.29, 0.717) is 12.1 Å². The topological polar surface area (TPSA) is 86.8 Å². The lowest BCUT2D eigenvalue weighted by Gasteiger charge is -2.34. The normalized spacial score (nSPS) is 12.4. The SMILES string of the molecule is CC[C@@H](C(=O)NC(C)(C)C)N(Cc1ccccc1)C(=O)CN(c1ccc(I)cc1)S(=O)(=O)c1ccccc1. The molecule has 0 radical (unpaired) electrons. The van der Waals surface area contributed by atoms with E-state index in [-0.39, 0.29) is 17.3 Å². The van der Waals surface area contributed by atoms with Gasteiger partial charge in [0.15, 0.2) is 0 Å². The second-order valence-electron chi connectivity index (χ2n) is 9.97. The Morgan fingerprint density at radius 3 is 1.97 bits per heavy atom. The van der Waals surface area contributed by atoms with Gasteiger partial charge in [-0.25, -0.2) is 8.42 Å². The quantitative estimate of drug-likeness (QED) is 0.307. The van der Waals surface area contributed by atoms with Gasteiger partial charge in [-0.15, -0.1) is 0 Å². The maximum atomic E-state index is 14.0. The fourth-order valence-electron chi connectivity index (χ4n) is 4.01. The largest absolute Gasteiger partial charge is 0.350 e. The van der Waals surface area contributed by atoms with Crippen molar-refractivity contribution in [3.63, 3.8) is 0 Å². The molecular formula is C29H34IN3O4S. The number of carbonyl (C=O) groups is 2. The van der Waals surface area contributed by atoms with Gasteiger partial charge < -0.3 is 10.2 Å². The fourth-order valence-corrected chi connectivity index (χ4v) is 5.80. The number of halogens is 1. The van der Waals surface area contributed by atoms with Gasteiger partial charge in [0.25, 0.3) is 10.0 Å². The number of rotatable bonds is 10. The summed E-state index contributed by atoms with van der Waals surface area (Å²) in [6.45, 7) is 7.20. The zero-order valence-electron chi connectivity index (χ0n) is 22.1. The van der Waals surface area contributed by atoms with E-state index in [1.54, 1.807) is 42.5 Å². The van der Waals surface area contributed by atoms with Crippen LogP contribution in [0.1, 0.15) is 39.7 Å². The molecule has 0 spiro atoms. The van der Waals surface area contributed by atoms with Crippen LogP contribution in [-0.2, 0) is 26.2 Å². The van der Waals surface area contributed by atoms with Crippen molar-refractivity contribution < 1.29 is 18.0 Å². The van der Waals surface area contributed by atoms with Crippen molar-refractivity contribution in [3.05, 3.63) is 94.1 Å². The summed E-state index contributed by atoms with van der Waals surface area (Å²) in [7, 11) is -4.07. The van der Waals surface area contributed by atoms with Crippen molar-refractivity contribution in [1.82, 2.24) is 10.2 Å². The highest BCUT2D eigenvalue weighted by Crippen LogP contribution is 2.25. The van der Waals surface area contributed by atoms with Crippen LogP contribution in [0.25, 0.3) is 0 Å². The molecule has 1 atom stereocenters. The summed E-state index contributed by atoms with van der Waals surface area (Å²) in [5.41, 5.74) is 0.722. The summed E-state index contributed by atoms with van der Waals surface area (Å²) in [5.74, 6) is -0.751. The molecule has 0 heterocycles. The third-order valence-corrected chi connectivity index (χ3v) is 8.31. The van der Waals surface area contributed by atoms with Crippen LogP contribution in [0.2, 0.25) is 0 Å². The van der Waals surface area contributed by atoms with Gasteiger partial charge in [-0.1, -0.05) is 55.5 Å². The van der Waals surface area contributed by atoms with Crippen molar-refractivity contribution >= 4 is 50.1 Å². The van der Waals surface area contributed by atoms with Crippen LogP contribution in [0, 0.1) is 3.57 Å². The maximum absolute atomic E-state index is 14.0. The van der Waals surface area contributed by atoms with Gasteiger partial charge in [-0.3, -0.25) is 13.9 Å². The van der Waals surface area contributed by atoms with E-state index in [4.69, 9.17) is 0 Å². The van der Waals surface area contributed by atoms with E-state index in [1.165, 1.54) is 17.0 Å². The molecule has 0 saturated heterocycles. The van der Waals surface area contributed by atoms with Crippen LogP contribution >= 0.6 is 22.6 Å². The highest BCUT2D eigenvalue weighted by atomic mass is 127. The van der Waals surface area contributed by atoms with Crippen molar-refractivity contribution in [1.29, 1.82) is 0 Å². The third-order valence-electron chi connectivity index (χ3n) is 5.80. The molecule has 7 nitrogen and oxygen atoms in total. The van der Waals surface area contributed by atoms with Crippen LogP contribution < -0.4 is 9.62 Å². The molecule has 38 heavy (non-hydrogen) atoms. The first-order valence-corrected chi connectivity index (χ1v) is 14.9. The van der Waals surface area contributed by atoms with Crippen LogP contribution in [0.5, 0.6) is 0 Å². The van der Waals surface area contributed by atoms with E-state index < -0.39 is 34.1 Å². The molecule has 0 aliphatic heterocycles. The van der Waals surface area contributed by atoms with Crippen LogP contribution in [-0.4, -0.2) is 43.3 Å². The number of anilines is 1. The van der Waals surface area contributed by atoms with Crippen molar-refractivity contribution in [3.8, 4) is 0 Å². The fraction of sp³-hybridized carbons (Fsp3) is 0.310. The van der Waals surface area contributed by atoms with E-state index in [2.05, 4.69) is 27.9 Å². The van der Waals surface area contributed by atoms with Crippen LogP contribution in [0.3, 0.4) is 0 Å². The molecule has 0 bridgehead atoms. The van der Waals surface area contributed by atoms with E-state index >= 15 is 0 Å². The average Bonchev–Trinajstić information content (AvgIpc) is 2.87. The second-order valence-corrected chi connectivity index (χ2v) is 13.1. The maximum Gasteiger partial charge on any atom is 0.264 e. The second kappa shape index (κ2) is 12.8. The Morgan fingerprint density at radius 2 is 1.45 bits per heavy atom. The molecule has 202 valence electrons. The van der Waals surface area contributed by atoms with Gasteiger partial charge in [-0.05, 0) is 91.7 Å². The Labute approximate surface area is 239 Å². The van der Waals surface area contributed by atoms with Crippen LogP contribution in [0.4, 0.5) is 5.69 Å². The highest BCUT2D eigenvalue weighted by Gasteiger charge is 2.34. The molecule has 3 aromatic carbocycles. The van der Waals surface area contributed by atoms with Gasteiger partial charge in [0.05, 0.1) is 10.6 Å². The summed E-state index contributed by atoms with van der Waals surface area (Å²) < 4.78 is 29.6. The zero-order valence-corrected chi connectivity index (χ0v) is 25.1. The number of hydrogen-bond acceptors (Lipinski definition) is 4. The van der Waals surface area contributed by atoms with Crippen molar-refractivity contribution in [2.24, 2.45) is 0 Å². The van der Waals surface area contributed by atoms with Crippen molar-refractivity contribution in [2.45, 2.75) is 57.1 Å². The molecular weight excluding hydrogens is 613 g/mol. The molecule has 0 unspecified atom stereocenters. The smallest absolute Gasteiger partial charge is 0.264 e. The summed E-state index contributed by atoms with van der Waals surface area (Å²) in [5, 5.41) is 2.97. The van der Waals surface area contributed by atoms with Gasteiger partial charge in [0.1, 0.15) is 12.6 Å². The molecule has 0 aromatic heterocycles. The van der Waals surface area contributed by atoms with E-state index in [1.807, 2.05) is 58.0 Å². The minimum absolute atomic E-state index is 0.0819. The first-order valence-electron chi connectivity index (χ1n) is 12.4. The molecule has 3 aromatic rings. The highest BCUT2D eigenvalue weighted by molar-refractivity contribution is 14.1. The lowest BCUT2D eigenvalue weighted by molar-refractivity contribution is -0.141. The van der Waals surface area contributed by atoms with Gasteiger partial charge in [0, 0.05) is 15.7 Å². The van der Waals surface area contributed by atoms with E-state index in [9.17, 15) is 18.0 Å². The third kappa shape index (κ3) is 7.80. The van der Waals surface area contributed by atoms with Crippen molar-refractivity contribution in [2.75, 3.05) is 10.8 Å². The molecule has 0 aliphatic rings. The molecule has 3 rings (SSSR count). The molecule has 9 heteroatoms. The minimum atomic E-state index is -4.07. The number of hydrogen-bond donors (Lipinski definition) is 1. The number of amides is 2. The number of nitrogens with one attached hydrogen (secondary N) is 1. The van der Waals surface area contributed by atoms with Gasteiger partial charge >= 0.3 is 0 Å². The number of sulfonamides is 1. The monoisotopic (exact) mass is 647 g/mol. The summed E-state index contributed by atoms with van der Waals surface area (Å²) in [6.07, 6.45) is 0.370. The number of carbonyl (C=O) groups excluding carboxylic acids is 2. The molecule has 1 N–H and O–H groups in total. The molecule has 2 amide bonds.